The third kappa shape index (κ3) is 3.92. The number of hydrogen-bond acceptors (Lipinski definition) is 3. The summed E-state index contributed by atoms with van der Waals surface area (Å²) in [4.78, 5) is 26.1. The predicted octanol–water partition coefficient (Wildman–Crippen LogP) is 4.09. The van der Waals surface area contributed by atoms with Crippen LogP contribution in [-0.2, 0) is 19.7 Å². The molecule has 0 spiro atoms. The molecule has 0 unspecified atom stereocenters. The van der Waals surface area contributed by atoms with Crippen molar-refractivity contribution in [3.05, 3.63) is 108 Å². The SMILES string of the molecule is CC[C@@H](NC(=O)C(c1ccccc1)(c1ccccc1)c1ccccc1)C(=O)OC. The van der Waals surface area contributed by atoms with E-state index < -0.39 is 17.4 Å². The summed E-state index contributed by atoms with van der Waals surface area (Å²) in [7, 11) is 1.33. The normalized spacial score (nSPS) is 12.1. The van der Waals surface area contributed by atoms with E-state index in [1.54, 1.807) is 0 Å². The van der Waals surface area contributed by atoms with Crippen LogP contribution in [0.3, 0.4) is 0 Å². The van der Waals surface area contributed by atoms with Crippen LogP contribution in [-0.4, -0.2) is 25.0 Å². The molecule has 0 saturated carbocycles. The third-order valence-electron chi connectivity index (χ3n) is 5.16. The lowest BCUT2D eigenvalue weighted by Crippen LogP contribution is -2.52. The quantitative estimate of drug-likeness (QED) is 0.491. The van der Waals surface area contributed by atoms with Crippen LogP contribution in [0.2, 0.25) is 0 Å². The zero-order valence-electron chi connectivity index (χ0n) is 16.7. The Morgan fingerprint density at radius 2 is 1.17 bits per heavy atom. The van der Waals surface area contributed by atoms with Crippen LogP contribution in [0.15, 0.2) is 91.0 Å². The molecular weight excluding hydrogens is 362 g/mol. The predicted molar refractivity (Wildman–Crippen MR) is 113 cm³/mol. The van der Waals surface area contributed by atoms with Gasteiger partial charge in [-0.1, -0.05) is 97.9 Å². The maximum atomic E-state index is 13.9. The summed E-state index contributed by atoms with van der Waals surface area (Å²) in [5.74, 6) is -0.720. The fourth-order valence-corrected chi connectivity index (χ4v) is 3.69. The van der Waals surface area contributed by atoms with Gasteiger partial charge in [0.1, 0.15) is 11.5 Å². The summed E-state index contributed by atoms with van der Waals surface area (Å²) < 4.78 is 4.88. The van der Waals surface area contributed by atoms with Crippen molar-refractivity contribution in [1.82, 2.24) is 5.32 Å². The molecule has 0 aromatic heterocycles. The highest BCUT2D eigenvalue weighted by atomic mass is 16.5. The second kappa shape index (κ2) is 9.20. The molecule has 1 amide bonds. The number of carbonyl (C=O) groups excluding carboxylic acids is 2. The second-order valence-corrected chi connectivity index (χ2v) is 6.81. The number of methoxy groups -OCH3 is 1. The van der Waals surface area contributed by atoms with Crippen molar-refractivity contribution in [2.24, 2.45) is 0 Å². The molecule has 0 aliphatic carbocycles. The summed E-state index contributed by atoms with van der Waals surface area (Å²) in [6, 6.07) is 28.2. The van der Waals surface area contributed by atoms with Crippen LogP contribution < -0.4 is 5.32 Å². The molecule has 3 aromatic carbocycles. The van der Waals surface area contributed by atoms with Crippen molar-refractivity contribution >= 4 is 11.9 Å². The third-order valence-corrected chi connectivity index (χ3v) is 5.16. The molecule has 0 bridgehead atoms. The zero-order chi connectivity index (χ0) is 20.7. The van der Waals surface area contributed by atoms with E-state index in [2.05, 4.69) is 5.32 Å². The molecule has 0 saturated heterocycles. The number of nitrogens with one attached hydrogen (secondary N) is 1. The number of amides is 1. The van der Waals surface area contributed by atoms with E-state index in [-0.39, 0.29) is 5.91 Å². The van der Waals surface area contributed by atoms with Crippen LogP contribution in [0.4, 0.5) is 0 Å². The standard InChI is InChI=1S/C25H25NO3/c1-3-22(23(27)29-2)26-24(28)25(19-13-7-4-8-14-19,20-15-9-5-10-16-20)21-17-11-6-12-18-21/h4-18,22H,3H2,1-2H3,(H,26,28)/t22-/m1/s1. The van der Waals surface area contributed by atoms with Crippen LogP contribution in [0.5, 0.6) is 0 Å². The van der Waals surface area contributed by atoms with Gasteiger partial charge in [-0.3, -0.25) is 4.79 Å². The summed E-state index contributed by atoms with van der Waals surface area (Å²) >= 11 is 0. The first-order chi connectivity index (χ1) is 14.1. The van der Waals surface area contributed by atoms with Crippen molar-refractivity contribution in [3.8, 4) is 0 Å². The molecule has 0 fully saturated rings. The van der Waals surface area contributed by atoms with Crippen molar-refractivity contribution in [2.75, 3.05) is 7.11 Å². The van der Waals surface area contributed by atoms with Crippen LogP contribution in [0.25, 0.3) is 0 Å². The molecule has 0 aliphatic heterocycles. The smallest absolute Gasteiger partial charge is 0.328 e. The van der Waals surface area contributed by atoms with Gasteiger partial charge in [-0.25, -0.2) is 4.79 Å². The Balaban J connectivity index is 2.25. The number of ether oxygens (including phenoxy) is 1. The second-order valence-electron chi connectivity index (χ2n) is 6.81. The number of hydrogen-bond donors (Lipinski definition) is 1. The van der Waals surface area contributed by atoms with E-state index in [0.717, 1.165) is 16.7 Å². The van der Waals surface area contributed by atoms with Gasteiger partial charge in [-0.15, -0.1) is 0 Å². The first-order valence-corrected chi connectivity index (χ1v) is 9.70. The molecule has 0 radical (unpaired) electrons. The molecule has 1 atom stereocenters. The van der Waals surface area contributed by atoms with Crippen molar-refractivity contribution < 1.29 is 14.3 Å². The molecule has 1 N–H and O–H groups in total. The summed E-state index contributed by atoms with van der Waals surface area (Å²) in [6.45, 7) is 1.84. The monoisotopic (exact) mass is 387 g/mol. The molecular formula is C25H25NO3. The van der Waals surface area contributed by atoms with E-state index in [1.807, 2.05) is 97.9 Å². The van der Waals surface area contributed by atoms with Crippen LogP contribution >= 0.6 is 0 Å². The lowest BCUT2D eigenvalue weighted by molar-refractivity contribution is -0.145. The Hall–Kier alpha value is -3.40. The molecule has 3 aromatic rings. The Bertz CT molecular complexity index is 843. The van der Waals surface area contributed by atoms with E-state index >= 15 is 0 Å². The minimum absolute atomic E-state index is 0.265. The molecule has 4 heteroatoms. The Labute approximate surface area is 171 Å². The maximum Gasteiger partial charge on any atom is 0.328 e. The van der Waals surface area contributed by atoms with E-state index in [4.69, 9.17) is 4.74 Å². The van der Waals surface area contributed by atoms with Crippen LogP contribution in [0, 0.1) is 0 Å². The molecule has 0 heterocycles. The number of esters is 1. The number of benzene rings is 3. The van der Waals surface area contributed by atoms with E-state index in [9.17, 15) is 9.59 Å². The molecule has 29 heavy (non-hydrogen) atoms. The summed E-state index contributed by atoms with van der Waals surface area (Å²) in [5.41, 5.74) is 1.38. The van der Waals surface area contributed by atoms with Gasteiger partial charge in [-0.2, -0.15) is 0 Å². The fourth-order valence-electron chi connectivity index (χ4n) is 3.69. The highest BCUT2D eigenvalue weighted by Crippen LogP contribution is 2.39. The van der Waals surface area contributed by atoms with Crippen molar-refractivity contribution in [1.29, 1.82) is 0 Å². The Kier molecular flexibility index (Phi) is 6.45. The highest BCUT2D eigenvalue weighted by molar-refractivity contribution is 5.98. The highest BCUT2D eigenvalue weighted by Gasteiger charge is 2.44. The van der Waals surface area contributed by atoms with Crippen LogP contribution in [0.1, 0.15) is 30.0 Å². The average molecular weight is 387 g/mol. The van der Waals surface area contributed by atoms with Gasteiger partial charge in [0, 0.05) is 0 Å². The molecule has 4 nitrogen and oxygen atoms in total. The molecule has 3 rings (SSSR count). The minimum atomic E-state index is -1.11. The molecule has 0 aliphatic rings. The van der Waals surface area contributed by atoms with Gasteiger partial charge in [-0.05, 0) is 23.1 Å². The number of rotatable bonds is 7. The first-order valence-electron chi connectivity index (χ1n) is 9.70. The lowest BCUT2D eigenvalue weighted by atomic mass is 9.68. The Morgan fingerprint density at radius 3 is 1.48 bits per heavy atom. The largest absolute Gasteiger partial charge is 0.467 e. The van der Waals surface area contributed by atoms with Gasteiger partial charge in [0.15, 0.2) is 0 Å². The van der Waals surface area contributed by atoms with Gasteiger partial charge in [0.2, 0.25) is 5.91 Å². The minimum Gasteiger partial charge on any atom is -0.467 e. The first kappa shape index (κ1) is 20.3. The topological polar surface area (TPSA) is 55.4 Å². The molecule has 148 valence electrons. The Morgan fingerprint density at radius 1 is 0.793 bits per heavy atom. The zero-order valence-corrected chi connectivity index (χ0v) is 16.7. The van der Waals surface area contributed by atoms with E-state index in [0.29, 0.717) is 6.42 Å². The van der Waals surface area contributed by atoms with Gasteiger partial charge >= 0.3 is 5.97 Å². The lowest BCUT2D eigenvalue weighted by Gasteiger charge is -2.35. The summed E-state index contributed by atoms with van der Waals surface area (Å²) in [6.07, 6.45) is 0.437. The van der Waals surface area contributed by atoms with E-state index in [1.165, 1.54) is 7.11 Å². The van der Waals surface area contributed by atoms with Gasteiger partial charge in [0.05, 0.1) is 7.11 Å². The summed E-state index contributed by atoms with van der Waals surface area (Å²) in [5, 5.41) is 2.94. The number of carbonyl (C=O) groups is 2. The van der Waals surface area contributed by atoms with Crippen molar-refractivity contribution in [2.45, 2.75) is 24.8 Å². The maximum absolute atomic E-state index is 13.9. The van der Waals surface area contributed by atoms with Gasteiger partial charge in [0.25, 0.3) is 0 Å². The van der Waals surface area contributed by atoms with Gasteiger partial charge < -0.3 is 10.1 Å². The fraction of sp³-hybridized carbons (Fsp3) is 0.200. The average Bonchev–Trinajstić information content (AvgIpc) is 2.79. The van der Waals surface area contributed by atoms with Crippen molar-refractivity contribution in [3.63, 3.8) is 0 Å².